The molecular formula is C31H26Cl2N2O7S. The molecule has 12 heteroatoms. The zero-order chi connectivity index (χ0) is 31.1. The Morgan fingerprint density at radius 1 is 0.977 bits per heavy atom. The molecular weight excluding hydrogens is 615 g/mol. The second kappa shape index (κ2) is 11.9. The number of ketones is 1. The molecule has 0 radical (unpaired) electrons. The number of carbonyl (C=O) groups excluding carboxylic acids is 4. The summed E-state index contributed by atoms with van der Waals surface area (Å²) in [5, 5.41) is 1.84. The van der Waals surface area contributed by atoms with Crippen LogP contribution in [0.25, 0.3) is 0 Å². The SMILES string of the molecule is Cc1ccc(S(=O)(=O)Oc2ccc(C(=O)CN(C(=O)c3ccc(Cl)cc3Cl)N3C(=O)[C@H]4[C@@H](C)C=CC[C@H]4C3=O)cc2)cc1. The van der Waals surface area contributed by atoms with Crippen molar-refractivity contribution in [3.8, 4) is 5.75 Å². The number of rotatable bonds is 8. The van der Waals surface area contributed by atoms with Crippen LogP contribution >= 0.6 is 23.2 Å². The number of allylic oxidation sites excluding steroid dienone is 2. The summed E-state index contributed by atoms with van der Waals surface area (Å²) in [4.78, 5) is 54.2. The van der Waals surface area contributed by atoms with Gasteiger partial charge in [0.1, 0.15) is 17.2 Å². The van der Waals surface area contributed by atoms with E-state index in [0.717, 1.165) is 15.6 Å². The molecule has 0 aromatic heterocycles. The van der Waals surface area contributed by atoms with Crippen molar-refractivity contribution in [1.82, 2.24) is 10.0 Å². The number of amides is 3. The average molecular weight is 642 g/mol. The van der Waals surface area contributed by atoms with Crippen molar-refractivity contribution in [2.45, 2.75) is 25.2 Å². The number of carbonyl (C=O) groups is 4. The maximum atomic E-state index is 13.8. The number of imide groups is 1. The van der Waals surface area contributed by atoms with Crippen molar-refractivity contribution < 1.29 is 31.8 Å². The lowest BCUT2D eigenvalue weighted by atomic mass is 9.78. The summed E-state index contributed by atoms with van der Waals surface area (Å²) >= 11 is 12.3. The van der Waals surface area contributed by atoms with E-state index in [9.17, 15) is 27.6 Å². The van der Waals surface area contributed by atoms with Crippen LogP contribution in [0.2, 0.25) is 10.0 Å². The number of halogens is 2. The largest absolute Gasteiger partial charge is 0.379 e. The first-order chi connectivity index (χ1) is 20.4. The van der Waals surface area contributed by atoms with Crippen LogP contribution in [-0.2, 0) is 19.7 Å². The Balaban J connectivity index is 1.41. The van der Waals surface area contributed by atoms with Crippen LogP contribution < -0.4 is 4.18 Å². The Morgan fingerprint density at radius 2 is 1.65 bits per heavy atom. The minimum atomic E-state index is -4.12. The minimum Gasteiger partial charge on any atom is -0.379 e. The molecule has 0 N–H and O–H groups in total. The van der Waals surface area contributed by atoms with Crippen LogP contribution in [-0.4, -0.2) is 48.5 Å². The second-order valence-corrected chi connectivity index (χ2v) is 12.8. The van der Waals surface area contributed by atoms with Gasteiger partial charge < -0.3 is 4.18 Å². The second-order valence-electron chi connectivity index (χ2n) is 10.4. The van der Waals surface area contributed by atoms with Gasteiger partial charge >= 0.3 is 10.1 Å². The molecule has 0 unspecified atom stereocenters. The highest BCUT2D eigenvalue weighted by molar-refractivity contribution is 7.87. The molecule has 1 aliphatic carbocycles. The fraction of sp³-hybridized carbons (Fsp3) is 0.226. The van der Waals surface area contributed by atoms with Crippen LogP contribution in [0.5, 0.6) is 5.75 Å². The standard InChI is InChI=1S/C31H26Cl2N2O7S/c1-18-6-13-23(14-7-18)43(40,41)42-22-11-8-20(9-12-22)27(36)17-34(29(37)24-15-10-21(32)16-26(24)33)35-30(38)25-5-3-4-19(2)28(25)31(35)39/h3-4,6-16,19,25,28H,5,17H2,1-2H3/t19-,25+,28-/m0/s1. The molecule has 9 nitrogen and oxygen atoms in total. The maximum Gasteiger partial charge on any atom is 0.339 e. The number of hydrazine groups is 1. The Hall–Kier alpha value is -3.99. The summed E-state index contributed by atoms with van der Waals surface area (Å²) in [5.41, 5.74) is 0.923. The summed E-state index contributed by atoms with van der Waals surface area (Å²) < 4.78 is 30.5. The van der Waals surface area contributed by atoms with Gasteiger partial charge in [-0.25, -0.2) is 5.01 Å². The molecule has 1 fully saturated rings. The highest BCUT2D eigenvalue weighted by Gasteiger charge is 2.53. The molecule has 2 aliphatic rings. The number of hydrogen-bond acceptors (Lipinski definition) is 7. The summed E-state index contributed by atoms with van der Waals surface area (Å²) in [5.74, 6) is -4.22. The van der Waals surface area contributed by atoms with E-state index in [1.165, 1.54) is 54.6 Å². The quantitative estimate of drug-likeness (QED) is 0.138. The summed E-state index contributed by atoms with van der Waals surface area (Å²) in [6, 6.07) is 15.5. The third-order valence-electron chi connectivity index (χ3n) is 7.47. The van der Waals surface area contributed by atoms with Gasteiger partial charge in [-0.15, -0.1) is 0 Å². The molecule has 3 atom stereocenters. The molecule has 1 heterocycles. The minimum absolute atomic E-state index is 0.0159. The summed E-state index contributed by atoms with van der Waals surface area (Å²) in [6.07, 6.45) is 4.02. The van der Waals surface area contributed by atoms with Crippen LogP contribution in [0.1, 0.15) is 39.6 Å². The molecule has 3 aromatic rings. The van der Waals surface area contributed by atoms with E-state index in [1.54, 1.807) is 12.1 Å². The van der Waals surface area contributed by atoms with E-state index < -0.39 is 52.0 Å². The van der Waals surface area contributed by atoms with Crippen molar-refractivity contribution in [3.63, 3.8) is 0 Å². The number of nitrogens with zero attached hydrogens (tertiary/aromatic N) is 2. The number of fused-ring (bicyclic) bond motifs is 1. The topological polar surface area (TPSA) is 118 Å². The van der Waals surface area contributed by atoms with Crippen molar-refractivity contribution in [2.24, 2.45) is 17.8 Å². The normalized spacial score (nSPS) is 19.7. The van der Waals surface area contributed by atoms with Crippen molar-refractivity contribution in [3.05, 3.63) is 106 Å². The van der Waals surface area contributed by atoms with Crippen molar-refractivity contribution >= 4 is 56.8 Å². The third kappa shape index (κ3) is 6.08. The predicted octanol–water partition coefficient (Wildman–Crippen LogP) is 5.51. The number of hydrogen-bond donors (Lipinski definition) is 0. The molecule has 3 amide bonds. The van der Waals surface area contributed by atoms with Crippen LogP contribution in [0.4, 0.5) is 0 Å². The van der Waals surface area contributed by atoms with E-state index in [4.69, 9.17) is 27.4 Å². The van der Waals surface area contributed by atoms with Crippen molar-refractivity contribution in [2.75, 3.05) is 6.54 Å². The number of benzene rings is 3. The van der Waals surface area contributed by atoms with E-state index >= 15 is 0 Å². The fourth-order valence-corrected chi connectivity index (χ4v) is 6.63. The summed E-state index contributed by atoms with van der Waals surface area (Å²) in [7, 11) is -4.12. The number of Topliss-reactive ketones (excluding diaryl/α,β-unsaturated/α-hetero) is 1. The molecule has 1 aliphatic heterocycles. The van der Waals surface area contributed by atoms with Crippen LogP contribution in [0.15, 0.2) is 83.8 Å². The van der Waals surface area contributed by atoms with Gasteiger partial charge in [0.2, 0.25) is 0 Å². The molecule has 222 valence electrons. The molecule has 3 aromatic carbocycles. The third-order valence-corrected chi connectivity index (χ3v) is 9.28. The fourth-order valence-electron chi connectivity index (χ4n) is 5.21. The molecule has 0 saturated carbocycles. The number of aryl methyl sites for hydroxylation is 1. The first-order valence-electron chi connectivity index (χ1n) is 13.3. The molecule has 0 spiro atoms. The molecule has 5 rings (SSSR count). The first kappa shape index (κ1) is 30.5. The van der Waals surface area contributed by atoms with Crippen LogP contribution in [0.3, 0.4) is 0 Å². The highest BCUT2D eigenvalue weighted by Crippen LogP contribution is 2.39. The predicted molar refractivity (Wildman–Crippen MR) is 159 cm³/mol. The van der Waals surface area contributed by atoms with E-state index in [0.29, 0.717) is 6.42 Å². The lowest BCUT2D eigenvalue weighted by Gasteiger charge is -2.30. The Morgan fingerprint density at radius 3 is 2.28 bits per heavy atom. The zero-order valence-corrected chi connectivity index (χ0v) is 25.4. The van der Waals surface area contributed by atoms with Gasteiger partial charge in [0.05, 0.1) is 22.4 Å². The Kier molecular flexibility index (Phi) is 8.47. The van der Waals surface area contributed by atoms with Crippen LogP contribution in [0, 0.1) is 24.7 Å². The Bertz CT molecular complexity index is 1760. The van der Waals surface area contributed by atoms with E-state index in [-0.39, 0.29) is 37.7 Å². The maximum absolute atomic E-state index is 13.8. The van der Waals surface area contributed by atoms with E-state index in [1.807, 2.05) is 26.0 Å². The molecule has 43 heavy (non-hydrogen) atoms. The lowest BCUT2D eigenvalue weighted by Crippen LogP contribution is -2.52. The monoisotopic (exact) mass is 640 g/mol. The average Bonchev–Trinajstić information content (AvgIpc) is 3.22. The van der Waals surface area contributed by atoms with Gasteiger partial charge in [0.25, 0.3) is 17.7 Å². The van der Waals surface area contributed by atoms with Gasteiger partial charge in [0.15, 0.2) is 5.78 Å². The van der Waals surface area contributed by atoms with Gasteiger partial charge in [-0.3, -0.25) is 19.2 Å². The van der Waals surface area contributed by atoms with Crippen molar-refractivity contribution in [1.29, 1.82) is 0 Å². The highest BCUT2D eigenvalue weighted by atomic mass is 35.5. The first-order valence-corrected chi connectivity index (χ1v) is 15.5. The van der Waals surface area contributed by atoms with Gasteiger partial charge in [-0.1, -0.05) is 60.0 Å². The van der Waals surface area contributed by atoms with Gasteiger partial charge in [-0.05, 0) is 73.9 Å². The lowest BCUT2D eigenvalue weighted by molar-refractivity contribution is -0.154. The van der Waals surface area contributed by atoms with Gasteiger partial charge in [-0.2, -0.15) is 13.4 Å². The van der Waals surface area contributed by atoms with E-state index in [2.05, 4.69) is 0 Å². The zero-order valence-electron chi connectivity index (χ0n) is 23.1. The summed E-state index contributed by atoms with van der Waals surface area (Å²) in [6.45, 7) is 2.97. The smallest absolute Gasteiger partial charge is 0.339 e. The Labute approximate surface area is 258 Å². The van der Waals surface area contributed by atoms with Gasteiger partial charge in [0, 0.05) is 10.6 Å². The molecule has 1 saturated heterocycles. The molecule has 0 bridgehead atoms.